The van der Waals surface area contributed by atoms with Crippen molar-refractivity contribution in [2.75, 3.05) is 0 Å². The van der Waals surface area contributed by atoms with Gasteiger partial charge in [0.05, 0.1) is 29.2 Å². The van der Waals surface area contributed by atoms with Gasteiger partial charge in [0.15, 0.2) is 14.7 Å². The minimum Gasteiger partial charge on any atom is -0.431 e. The second kappa shape index (κ2) is 15.4. The summed E-state index contributed by atoms with van der Waals surface area (Å²) in [6.07, 6.45) is -3.21. The lowest BCUT2D eigenvalue weighted by Crippen LogP contribution is -2.18. The number of carbonyl (C=O) groups excluding carboxylic acids is 3. The lowest BCUT2D eigenvalue weighted by molar-refractivity contribution is 0.0712. The van der Waals surface area contributed by atoms with E-state index in [2.05, 4.69) is 0 Å². The van der Waals surface area contributed by atoms with Crippen LogP contribution in [0.25, 0.3) is 0 Å². The third-order valence-corrected chi connectivity index (χ3v) is 8.68. The van der Waals surface area contributed by atoms with Gasteiger partial charge in [0.1, 0.15) is 17.2 Å². The van der Waals surface area contributed by atoms with E-state index < -0.39 is 29.4 Å². The molecule has 0 fully saturated rings. The summed E-state index contributed by atoms with van der Waals surface area (Å²) in [5.74, 6) is 1.33. The van der Waals surface area contributed by atoms with E-state index in [1.165, 1.54) is 0 Å². The molecule has 0 amide bonds. The molecule has 3 aromatic rings. The maximum Gasteiger partial charge on any atom is 0.514 e. The minimum atomic E-state index is -0.761. The number of ether oxygens (including phenoxy) is 6. The quantitative estimate of drug-likeness (QED) is 0.0966. The summed E-state index contributed by atoms with van der Waals surface area (Å²) in [7, 11) is -0.682. The van der Waals surface area contributed by atoms with Crippen molar-refractivity contribution in [2.45, 2.75) is 116 Å². The van der Waals surface area contributed by atoms with Gasteiger partial charge in [-0.15, -0.1) is 0 Å². The molecule has 0 N–H and O–H groups in total. The first-order valence-corrected chi connectivity index (χ1v) is 16.4. The number of carbonyl (C=O) groups is 3. The Labute approximate surface area is 274 Å². The highest BCUT2D eigenvalue weighted by Gasteiger charge is 2.33. The number of rotatable bonds is 9. The molecule has 46 heavy (non-hydrogen) atoms. The Balaban J connectivity index is 2.17. The molecule has 10 heteroatoms. The monoisotopic (exact) mass is 653 g/mol. The molecule has 0 aromatic heterocycles. The molecule has 0 radical (unpaired) electrons. The van der Waals surface area contributed by atoms with Crippen molar-refractivity contribution in [1.29, 1.82) is 0 Å². The molecule has 0 spiro atoms. The van der Waals surface area contributed by atoms with Gasteiger partial charge in [0, 0.05) is 36.4 Å². The lowest BCUT2D eigenvalue weighted by Gasteiger charge is -2.18. The Morgan fingerprint density at radius 2 is 0.630 bits per heavy atom. The normalized spacial score (nSPS) is 11.2. The second-order valence-electron chi connectivity index (χ2n) is 12.0. The zero-order valence-electron chi connectivity index (χ0n) is 28.8. The van der Waals surface area contributed by atoms with Crippen molar-refractivity contribution in [2.24, 2.45) is 0 Å². The summed E-state index contributed by atoms with van der Waals surface area (Å²) >= 11 is 0. The van der Waals surface area contributed by atoms with E-state index in [9.17, 15) is 14.4 Å². The summed E-state index contributed by atoms with van der Waals surface area (Å²) in [5, 5.41) is 0. The SMILES string of the molecule is Cc1cc([S+](c2cc(C)c(OC(=O)OC(C)C)c(C)c2)c2cc(C)c(OC(=O)OC(C)C)c(C)c2)cc(C)c1OC(=O)OC(C)C. The molecule has 0 aliphatic rings. The van der Waals surface area contributed by atoms with Crippen molar-refractivity contribution >= 4 is 29.4 Å². The number of hydrogen-bond acceptors (Lipinski definition) is 9. The number of benzene rings is 3. The van der Waals surface area contributed by atoms with E-state index in [0.717, 1.165) is 48.1 Å². The Morgan fingerprint density at radius 1 is 0.435 bits per heavy atom. The fraction of sp³-hybridized carbons (Fsp3) is 0.417. The van der Waals surface area contributed by atoms with Crippen LogP contribution in [-0.2, 0) is 25.1 Å². The molecule has 0 aliphatic heterocycles. The molecule has 0 saturated carbocycles. The van der Waals surface area contributed by atoms with Crippen LogP contribution in [-0.4, -0.2) is 36.8 Å². The summed E-state index contributed by atoms with van der Waals surface area (Å²) < 4.78 is 32.4. The van der Waals surface area contributed by atoms with Crippen LogP contribution in [0.3, 0.4) is 0 Å². The summed E-state index contributed by atoms with van der Waals surface area (Å²) in [4.78, 5) is 39.9. The fourth-order valence-electron chi connectivity index (χ4n) is 4.88. The van der Waals surface area contributed by atoms with Gasteiger partial charge in [-0.05, 0) is 116 Å². The van der Waals surface area contributed by atoms with E-state index in [-0.39, 0.29) is 18.3 Å². The zero-order valence-corrected chi connectivity index (χ0v) is 29.6. The first-order chi connectivity index (χ1) is 21.5. The fourth-order valence-corrected chi connectivity index (χ4v) is 7.46. The summed E-state index contributed by atoms with van der Waals surface area (Å²) in [5.41, 5.74) is 4.60. The molecule has 0 heterocycles. The molecule has 3 rings (SSSR count). The molecular formula is C36H45O9S+. The summed E-state index contributed by atoms with van der Waals surface area (Å²) in [6, 6.07) is 12.0. The van der Waals surface area contributed by atoms with Crippen LogP contribution in [0.4, 0.5) is 14.4 Å². The standard InChI is InChI=1S/C36H45O9S/c1-19(2)40-34(37)43-31-22(7)13-28(14-23(31)8)46(29-15-24(9)32(25(10)16-29)44-35(38)41-20(3)4)30-17-26(11)33(27(12)18-30)45-36(39)42-21(5)6/h13-21H,1-12H3/q+1. The van der Waals surface area contributed by atoms with Crippen LogP contribution >= 0.6 is 0 Å². The highest BCUT2D eigenvalue weighted by Crippen LogP contribution is 2.40. The largest absolute Gasteiger partial charge is 0.514 e. The van der Waals surface area contributed by atoms with Crippen LogP contribution in [0.2, 0.25) is 0 Å². The van der Waals surface area contributed by atoms with Gasteiger partial charge in [0.2, 0.25) is 0 Å². The van der Waals surface area contributed by atoms with E-state index in [0.29, 0.717) is 17.2 Å². The van der Waals surface area contributed by atoms with Crippen LogP contribution in [0.5, 0.6) is 17.2 Å². The first-order valence-electron chi connectivity index (χ1n) is 15.2. The lowest BCUT2D eigenvalue weighted by atomic mass is 10.1. The van der Waals surface area contributed by atoms with Crippen molar-refractivity contribution in [3.63, 3.8) is 0 Å². The highest BCUT2D eigenvalue weighted by atomic mass is 32.2. The molecule has 3 aromatic carbocycles. The Kier molecular flexibility index (Phi) is 12.2. The number of aryl methyl sites for hydroxylation is 6. The molecule has 248 valence electrons. The minimum absolute atomic E-state index is 0.311. The zero-order chi connectivity index (χ0) is 34.5. The maximum atomic E-state index is 12.3. The van der Waals surface area contributed by atoms with Gasteiger partial charge >= 0.3 is 18.5 Å². The average Bonchev–Trinajstić information content (AvgIpc) is 2.89. The Morgan fingerprint density at radius 3 is 0.804 bits per heavy atom. The van der Waals surface area contributed by atoms with Gasteiger partial charge in [-0.25, -0.2) is 14.4 Å². The molecule has 0 unspecified atom stereocenters. The Bertz CT molecular complexity index is 1350. The molecule has 0 aliphatic carbocycles. The van der Waals surface area contributed by atoms with Gasteiger partial charge < -0.3 is 28.4 Å². The molecule has 0 saturated heterocycles. The summed E-state index contributed by atoms with van der Waals surface area (Å²) in [6.45, 7) is 21.9. The average molecular weight is 654 g/mol. The van der Waals surface area contributed by atoms with Crippen LogP contribution in [0.1, 0.15) is 74.9 Å². The third kappa shape index (κ3) is 9.42. The van der Waals surface area contributed by atoms with E-state index >= 15 is 0 Å². The molecule has 0 bridgehead atoms. The molecule has 0 atom stereocenters. The highest BCUT2D eigenvalue weighted by molar-refractivity contribution is 7.97. The van der Waals surface area contributed by atoms with Crippen molar-refractivity contribution in [3.8, 4) is 17.2 Å². The van der Waals surface area contributed by atoms with Crippen LogP contribution < -0.4 is 14.2 Å². The predicted molar refractivity (Wildman–Crippen MR) is 177 cm³/mol. The maximum absolute atomic E-state index is 12.3. The van der Waals surface area contributed by atoms with Crippen molar-refractivity contribution in [3.05, 3.63) is 69.8 Å². The Hall–Kier alpha value is -4.18. The molecular weight excluding hydrogens is 608 g/mol. The molecule has 9 nitrogen and oxygen atoms in total. The first kappa shape index (κ1) is 36.3. The third-order valence-electron chi connectivity index (χ3n) is 6.56. The van der Waals surface area contributed by atoms with Crippen molar-refractivity contribution < 1.29 is 42.8 Å². The van der Waals surface area contributed by atoms with E-state index in [1.54, 1.807) is 41.5 Å². The predicted octanol–water partition coefficient (Wildman–Crippen LogP) is 9.40. The van der Waals surface area contributed by atoms with Gasteiger partial charge in [0.25, 0.3) is 0 Å². The van der Waals surface area contributed by atoms with Gasteiger partial charge in [-0.1, -0.05) is 0 Å². The number of hydrogen-bond donors (Lipinski definition) is 0. The van der Waals surface area contributed by atoms with E-state index in [1.807, 2.05) is 77.9 Å². The van der Waals surface area contributed by atoms with E-state index in [4.69, 9.17) is 28.4 Å². The topological polar surface area (TPSA) is 107 Å². The van der Waals surface area contributed by atoms with Crippen LogP contribution in [0.15, 0.2) is 51.1 Å². The van der Waals surface area contributed by atoms with Crippen molar-refractivity contribution in [1.82, 2.24) is 0 Å². The van der Waals surface area contributed by atoms with Gasteiger partial charge in [-0.3, -0.25) is 0 Å². The smallest absolute Gasteiger partial charge is 0.431 e. The van der Waals surface area contributed by atoms with Crippen LogP contribution in [0, 0.1) is 41.5 Å². The second-order valence-corrected chi connectivity index (χ2v) is 14.0. The van der Waals surface area contributed by atoms with Gasteiger partial charge in [-0.2, -0.15) is 0 Å².